The third-order valence-electron chi connectivity index (χ3n) is 6.93. The Balaban J connectivity index is 1.26. The van der Waals surface area contributed by atoms with E-state index in [9.17, 15) is 18.8 Å². The van der Waals surface area contributed by atoms with Crippen LogP contribution in [-0.2, 0) is 25.7 Å². The molecule has 2 aliphatic heterocycles. The molecule has 4 aromatic rings. The van der Waals surface area contributed by atoms with Crippen molar-refractivity contribution in [2.45, 2.75) is 38.6 Å². The van der Waals surface area contributed by atoms with Crippen LogP contribution in [0, 0.1) is 5.82 Å². The first-order valence-electron chi connectivity index (χ1n) is 12.6. The number of imidazole rings is 1. The number of rotatable bonds is 5. The van der Waals surface area contributed by atoms with Crippen LogP contribution in [0.15, 0.2) is 65.6 Å². The monoisotopic (exact) mass is 532 g/mol. The van der Waals surface area contributed by atoms with Crippen LogP contribution in [0.5, 0.6) is 0 Å². The Hall–Kier alpha value is -4.74. The summed E-state index contributed by atoms with van der Waals surface area (Å²) in [6.07, 6.45) is 0.964. The van der Waals surface area contributed by atoms with E-state index < -0.39 is 23.7 Å². The lowest BCUT2D eigenvalue weighted by Crippen LogP contribution is -2.53. The van der Waals surface area contributed by atoms with Crippen molar-refractivity contribution in [2.75, 3.05) is 23.1 Å². The number of hydroxylamine groups is 1. The lowest BCUT2D eigenvalue weighted by Gasteiger charge is -2.40. The fourth-order valence-corrected chi connectivity index (χ4v) is 5.11. The minimum Gasteiger partial charge on any atom is -0.429 e. The van der Waals surface area contributed by atoms with E-state index in [-0.39, 0.29) is 17.8 Å². The normalized spacial score (nSPS) is 17.7. The number of fused-ring (bicyclic) bond motifs is 2. The SMILES string of the molecule is CC(=O)OC1C(=O)ON(C2CCN(c3nc4ccccc4n3Cc3ccc(F)cc3)CC2)c2nccc(=O)n21. The predicted octanol–water partition coefficient (Wildman–Crippen LogP) is 2.79. The second-order valence-corrected chi connectivity index (χ2v) is 9.48. The topological polar surface area (TPSA) is 112 Å². The van der Waals surface area contributed by atoms with Gasteiger partial charge in [0.2, 0.25) is 11.9 Å². The Morgan fingerprint density at radius 1 is 1.05 bits per heavy atom. The van der Waals surface area contributed by atoms with Gasteiger partial charge in [0.05, 0.1) is 23.6 Å². The number of hydrogen-bond acceptors (Lipinski definition) is 9. The van der Waals surface area contributed by atoms with Crippen LogP contribution < -0.4 is 15.5 Å². The van der Waals surface area contributed by atoms with E-state index in [0.29, 0.717) is 32.5 Å². The zero-order valence-corrected chi connectivity index (χ0v) is 21.1. The van der Waals surface area contributed by atoms with E-state index in [1.165, 1.54) is 29.5 Å². The van der Waals surface area contributed by atoms with Gasteiger partial charge >= 0.3 is 11.9 Å². The van der Waals surface area contributed by atoms with Crippen LogP contribution in [0.1, 0.15) is 31.6 Å². The van der Waals surface area contributed by atoms with Crippen molar-refractivity contribution in [3.63, 3.8) is 0 Å². The quantitative estimate of drug-likeness (QED) is 0.358. The highest BCUT2D eigenvalue weighted by atomic mass is 19.1. The number of piperidine rings is 1. The van der Waals surface area contributed by atoms with Crippen molar-refractivity contribution in [1.29, 1.82) is 0 Å². The Bertz CT molecular complexity index is 1610. The Morgan fingerprint density at radius 2 is 1.79 bits per heavy atom. The Kier molecular flexibility index (Phi) is 6.21. The molecule has 12 heteroatoms. The summed E-state index contributed by atoms with van der Waals surface area (Å²) >= 11 is 0. The molecule has 2 aromatic carbocycles. The lowest BCUT2D eigenvalue weighted by atomic mass is 10.1. The maximum absolute atomic E-state index is 13.5. The van der Waals surface area contributed by atoms with Gasteiger partial charge in [-0.2, -0.15) is 5.06 Å². The third kappa shape index (κ3) is 4.58. The van der Waals surface area contributed by atoms with Crippen LogP contribution in [-0.4, -0.2) is 50.2 Å². The average Bonchev–Trinajstić information content (AvgIpc) is 3.29. The standard InChI is InChI=1S/C27H25FN6O5/c1-17(35)38-24-25(37)39-34(26-29-13-10-23(36)33(24)26)20-11-14-31(15-12-20)27-30-21-4-2-3-5-22(21)32(27)16-18-6-8-19(28)9-7-18/h2-10,13,20,24H,11-12,14-16H2,1H3. The van der Waals surface area contributed by atoms with Crippen LogP contribution in [0.3, 0.4) is 0 Å². The molecule has 4 heterocycles. The molecule has 2 aliphatic rings. The number of halogens is 1. The van der Waals surface area contributed by atoms with Crippen molar-refractivity contribution in [3.8, 4) is 0 Å². The molecule has 1 fully saturated rings. The molecule has 0 N–H and O–H groups in total. The van der Waals surface area contributed by atoms with E-state index in [1.807, 2.05) is 24.3 Å². The highest BCUT2D eigenvalue weighted by molar-refractivity contribution is 5.80. The molecule has 0 bridgehead atoms. The summed E-state index contributed by atoms with van der Waals surface area (Å²) in [5, 5.41) is 1.35. The lowest BCUT2D eigenvalue weighted by molar-refractivity contribution is -0.180. The van der Waals surface area contributed by atoms with E-state index in [2.05, 4.69) is 14.5 Å². The molecule has 0 spiro atoms. The molecule has 6 rings (SSSR count). The summed E-state index contributed by atoms with van der Waals surface area (Å²) in [7, 11) is 0. The third-order valence-corrected chi connectivity index (χ3v) is 6.93. The predicted molar refractivity (Wildman–Crippen MR) is 138 cm³/mol. The van der Waals surface area contributed by atoms with Crippen LogP contribution in [0.4, 0.5) is 16.3 Å². The molecule has 0 saturated carbocycles. The first-order valence-corrected chi connectivity index (χ1v) is 12.6. The highest BCUT2D eigenvalue weighted by Gasteiger charge is 2.41. The molecule has 0 radical (unpaired) electrons. The van der Waals surface area contributed by atoms with Crippen LogP contribution in [0.25, 0.3) is 11.0 Å². The summed E-state index contributed by atoms with van der Waals surface area (Å²) in [5.41, 5.74) is 2.25. The summed E-state index contributed by atoms with van der Waals surface area (Å²) in [6, 6.07) is 15.2. The molecule has 1 atom stereocenters. The van der Waals surface area contributed by atoms with Crippen molar-refractivity contribution in [2.24, 2.45) is 0 Å². The first kappa shape index (κ1) is 24.6. The second kappa shape index (κ2) is 9.86. The molecule has 1 saturated heterocycles. The zero-order chi connectivity index (χ0) is 27.1. The van der Waals surface area contributed by atoms with E-state index >= 15 is 0 Å². The smallest absolute Gasteiger partial charge is 0.394 e. The summed E-state index contributed by atoms with van der Waals surface area (Å²) in [6.45, 7) is 2.86. The first-order chi connectivity index (χ1) is 18.9. The van der Waals surface area contributed by atoms with E-state index in [1.54, 1.807) is 12.1 Å². The number of aromatic nitrogens is 4. The minimum atomic E-state index is -1.53. The molecular weight excluding hydrogens is 507 g/mol. The largest absolute Gasteiger partial charge is 0.429 e. The van der Waals surface area contributed by atoms with Crippen molar-refractivity contribution in [3.05, 3.63) is 82.5 Å². The van der Waals surface area contributed by atoms with Gasteiger partial charge in [0.1, 0.15) is 5.82 Å². The Labute approximate surface area is 222 Å². The fourth-order valence-electron chi connectivity index (χ4n) is 5.11. The number of anilines is 2. The highest BCUT2D eigenvalue weighted by Crippen LogP contribution is 2.32. The van der Waals surface area contributed by atoms with Crippen molar-refractivity contribution in [1.82, 2.24) is 19.1 Å². The average molecular weight is 533 g/mol. The number of para-hydroxylation sites is 2. The van der Waals surface area contributed by atoms with Gasteiger partial charge in [0, 0.05) is 32.3 Å². The molecule has 200 valence electrons. The summed E-state index contributed by atoms with van der Waals surface area (Å²) in [4.78, 5) is 53.8. The van der Waals surface area contributed by atoms with E-state index in [0.717, 1.165) is 34.0 Å². The number of esters is 1. The van der Waals surface area contributed by atoms with Gasteiger partial charge in [-0.15, -0.1) is 0 Å². The number of hydrogen-bond donors (Lipinski definition) is 0. The van der Waals surface area contributed by atoms with Gasteiger partial charge in [0.25, 0.3) is 11.8 Å². The number of carbonyl (C=O) groups excluding carboxylic acids is 2. The number of ether oxygens (including phenoxy) is 1. The maximum atomic E-state index is 13.5. The van der Waals surface area contributed by atoms with Crippen molar-refractivity contribution >= 4 is 34.9 Å². The van der Waals surface area contributed by atoms with Crippen LogP contribution >= 0.6 is 0 Å². The zero-order valence-electron chi connectivity index (χ0n) is 21.1. The van der Waals surface area contributed by atoms with Crippen LogP contribution in [0.2, 0.25) is 0 Å². The molecule has 0 aliphatic carbocycles. The number of carbonyl (C=O) groups is 2. The number of nitrogens with zero attached hydrogens (tertiary/aromatic N) is 6. The van der Waals surface area contributed by atoms with Gasteiger partial charge in [-0.3, -0.25) is 9.59 Å². The Morgan fingerprint density at radius 3 is 2.54 bits per heavy atom. The fraction of sp³-hybridized carbons (Fsp3) is 0.296. The molecule has 11 nitrogen and oxygen atoms in total. The molecule has 0 amide bonds. The second-order valence-electron chi connectivity index (χ2n) is 9.48. The summed E-state index contributed by atoms with van der Waals surface area (Å²) < 4.78 is 21.7. The summed E-state index contributed by atoms with van der Waals surface area (Å²) in [5.74, 6) is -0.970. The number of benzene rings is 2. The van der Waals surface area contributed by atoms with Gasteiger partial charge in [-0.05, 0) is 42.7 Å². The van der Waals surface area contributed by atoms with Gasteiger partial charge in [0.15, 0.2) is 0 Å². The van der Waals surface area contributed by atoms with Gasteiger partial charge < -0.3 is 19.0 Å². The maximum Gasteiger partial charge on any atom is 0.394 e. The van der Waals surface area contributed by atoms with Gasteiger partial charge in [-0.1, -0.05) is 24.3 Å². The molecule has 2 aromatic heterocycles. The van der Waals surface area contributed by atoms with Gasteiger partial charge in [-0.25, -0.2) is 23.7 Å². The minimum absolute atomic E-state index is 0.107. The molecule has 1 unspecified atom stereocenters. The van der Waals surface area contributed by atoms with Crippen molar-refractivity contribution < 1.29 is 23.6 Å². The molecule has 39 heavy (non-hydrogen) atoms. The van der Waals surface area contributed by atoms with E-state index in [4.69, 9.17) is 14.6 Å². The molecular formula is C27H25FN6O5.